The average molecular weight is 562 g/mol. The highest BCUT2D eigenvalue weighted by atomic mass is 127. The molecule has 1 fully saturated rings. The first-order valence-electron chi connectivity index (χ1n) is 9.71. The van der Waals surface area contributed by atoms with Gasteiger partial charge in [0.1, 0.15) is 0 Å². The van der Waals surface area contributed by atoms with E-state index >= 15 is 0 Å². The van der Waals surface area contributed by atoms with Gasteiger partial charge in [-0.3, -0.25) is 4.99 Å². The fourth-order valence-corrected chi connectivity index (χ4v) is 4.39. The number of rotatable bonds is 6. The van der Waals surface area contributed by atoms with E-state index in [9.17, 15) is 21.6 Å². The van der Waals surface area contributed by atoms with Gasteiger partial charge in [0.05, 0.1) is 0 Å². The summed E-state index contributed by atoms with van der Waals surface area (Å²) < 4.78 is 61.6. The lowest BCUT2D eigenvalue weighted by atomic mass is 10.1. The van der Waals surface area contributed by atoms with E-state index in [-0.39, 0.29) is 55.9 Å². The number of halogens is 4. The molecular formula is C19H30F3IN4O2S. The summed E-state index contributed by atoms with van der Waals surface area (Å²) in [5.41, 5.74) is -1.64. The second-order valence-electron chi connectivity index (χ2n) is 7.28. The maximum atomic E-state index is 12.7. The highest BCUT2D eigenvalue weighted by Crippen LogP contribution is 2.28. The first-order chi connectivity index (χ1) is 13.5. The summed E-state index contributed by atoms with van der Waals surface area (Å²) in [4.78, 5) is 4.55. The van der Waals surface area contributed by atoms with Crippen LogP contribution in [0.25, 0.3) is 0 Å². The molecule has 0 aromatic heterocycles. The Labute approximate surface area is 193 Å². The number of hydrogen-bond acceptors (Lipinski definition) is 3. The van der Waals surface area contributed by atoms with Gasteiger partial charge in [-0.15, -0.1) is 24.0 Å². The van der Waals surface area contributed by atoms with Gasteiger partial charge in [-0.05, 0) is 45.6 Å². The third-order valence-corrected chi connectivity index (χ3v) is 6.35. The van der Waals surface area contributed by atoms with Gasteiger partial charge < -0.3 is 10.6 Å². The lowest BCUT2D eigenvalue weighted by Crippen LogP contribution is -2.51. The summed E-state index contributed by atoms with van der Waals surface area (Å²) >= 11 is 0. The Morgan fingerprint density at radius 2 is 1.73 bits per heavy atom. The largest absolute Gasteiger partial charge is 0.511 e. The fourth-order valence-electron chi connectivity index (χ4n) is 3.41. The van der Waals surface area contributed by atoms with E-state index < -0.39 is 15.5 Å². The lowest BCUT2D eigenvalue weighted by Gasteiger charge is -2.32. The molecule has 6 nitrogen and oxygen atoms in total. The van der Waals surface area contributed by atoms with E-state index in [1.54, 1.807) is 0 Å². The van der Waals surface area contributed by atoms with E-state index in [1.807, 2.05) is 6.92 Å². The number of aliphatic imine (C=N–C) groups is 1. The summed E-state index contributed by atoms with van der Waals surface area (Å²) in [5, 5.41) is 6.34. The van der Waals surface area contributed by atoms with Crippen molar-refractivity contribution in [1.82, 2.24) is 14.9 Å². The number of piperidine rings is 1. The molecular weight excluding hydrogens is 532 g/mol. The molecule has 1 aromatic carbocycles. The molecule has 1 aliphatic heterocycles. The highest BCUT2D eigenvalue weighted by molar-refractivity contribution is 14.0. The number of guanidine groups is 1. The Balaban J connectivity index is 0.00000450. The van der Waals surface area contributed by atoms with E-state index in [0.717, 1.165) is 6.42 Å². The van der Waals surface area contributed by atoms with E-state index in [1.165, 1.54) is 16.7 Å². The number of alkyl halides is 3. The van der Waals surface area contributed by atoms with Crippen LogP contribution in [0.15, 0.2) is 23.2 Å². The van der Waals surface area contributed by atoms with Gasteiger partial charge in [-0.1, -0.05) is 29.3 Å². The SMILES string of the molecule is CCNC(=NCCc1cc(C)cc(C)c1)NC1CCN(S(=O)(=O)C(F)(F)F)CC1.I. The Morgan fingerprint density at radius 3 is 2.23 bits per heavy atom. The number of benzene rings is 1. The first kappa shape index (κ1) is 27.0. The van der Waals surface area contributed by atoms with Crippen molar-refractivity contribution < 1.29 is 21.6 Å². The summed E-state index contributed by atoms with van der Waals surface area (Å²) in [5.74, 6) is 0.592. The zero-order chi connectivity index (χ0) is 21.7. The van der Waals surface area contributed by atoms with Gasteiger partial charge >= 0.3 is 15.5 Å². The predicted octanol–water partition coefficient (Wildman–Crippen LogP) is 3.33. The topological polar surface area (TPSA) is 73.8 Å². The van der Waals surface area contributed by atoms with Gasteiger partial charge in [0.2, 0.25) is 0 Å². The zero-order valence-corrected chi connectivity index (χ0v) is 20.6. The van der Waals surface area contributed by atoms with Crippen molar-refractivity contribution in [3.63, 3.8) is 0 Å². The maximum absolute atomic E-state index is 12.7. The van der Waals surface area contributed by atoms with Gasteiger partial charge in [0.25, 0.3) is 0 Å². The first-order valence-corrected chi connectivity index (χ1v) is 11.2. The van der Waals surface area contributed by atoms with Crippen molar-refractivity contribution in [2.75, 3.05) is 26.2 Å². The summed E-state index contributed by atoms with van der Waals surface area (Å²) in [7, 11) is -5.25. The molecule has 0 saturated carbocycles. The molecule has 0 radical (unpaired) electrons. The fraction of sp³-hybridized carbons (Fsp3) is 0.632. The molecule has 1 aliphatic rings. The third-order valence-electron chi connectivity index (χ3n) is 4.72. The van der Waals surface area contributed by atoms with Crippen LogP contribution >= 0.6 is 24.0 Å². The molecule has 11 heteroatoms. The van der Waals surface area contributed by atoms with E-state index in [4.69, 9.17) is 0 Å². The van der Waals surface area contributed by atoms with Crippen LogP contribution in [0.3, 0.4) is 0 Å². The van der Waals surface area contributed by atoms with Crippen molar-refractivity contribution >= 4 is 40.0 Å². The molecule has 0 amide bonds. The van der Waals surface area contributed by atoms with Crippen LogP contribution in [0, 0.1) is 13.8 Å². The Bertz CT molecular complexity index is 803. The molecule has 172 valence electrons. The third kappa shape index (κ3) is 7.56. The molecule has 0 atom stereocenters. The van der Waals surface area contributed by atoms with Crippen LogP contribution in [0.5, 0.6) is 0 Å². The van der Waals surface area contributed by atoms with Crippen molar-refractivity contribution in [3.05, 3.63) is 34.9 Å². The smallest absolute Gasteiger partial charge is 0.357 e. The van der Waals surface area contributed by atoms with Crippen LogP contribution in [-0.2, 0) is 16.4 Å². The molecule has 0 aliphatic carbocycles. The van der Waals surface area contributed by atoms with Crippen molar-refractivity contribution in [3.8, 4) is 0 Å². The number of aryl methyl sites for hydroxylation is 2. The van der Waals surface area contributed by atoms with Crippen LogP contribution in [0.2, 0.25) is 0 Å². The summed E-state index contributed by atoms with van der Waals surface area (Å²) in [6.07, 6.45) is 1.36. The number of nitrogens with one attached hydrogen (secondary N) is 2. The minimum Gasteiger partial charge on any atom is -0.357 e. The Morgan fingerprint density at radius 1 is 1.17 bits per heavy atom. The number of hydrogen-bond donors (Lipinski definition) is 2. The van der Waals surface area contributed by atoms with Crippen LogP contribution in [0.1, 0.15) is 36.5 Å². The second kappa shape index (κ2) is 11.5. The van der Waals surface area contributed by atoms with Crippen molar-refractivity contribution in [1.29, 1.82) is 0 Å². The van der Waals surface area contributed by atoms with E-state index in [2.05, 4.69) is 47.7 Å². The molecule has 2 rings (SSSR count). The molecule has 0 bridgehead atoms. The average Bonchev–Trinajstić information content (AvgIpc) is 2.60. The number of nitrogens with zero attached hydrogens (tertiary/aromatic N) is 2. The standard InChI is InChI=1S/C19H29F3N4O2S.HI/c1-4-23-18(24-8-5-16-12-14(2)11-15(3)13-16)25-17-6-9-26(10-7-17)29(27,28)19(20,21)22;/h11-13,17H,4-10H2,1-3H3,(H2,23,24,25);1H. The molecule has 2 N–H and O–H groups in total. The Hall–Kier alpha value is -1.08. The highest BCUT2D eigenvalue weighted by Gasteiger charge is 2.50. The lowest BCUT2D eigenvalue weighted by molar-refractivity contribution is -0.0494. The van der Waals surface area contributed by atoms with Gasteiger partial charge in [-0.25, -0.2) is 8.42 Å². The zero-order valence-electron chi connectivity index (χ0n) is 17.4. The molecule has 0 unspecified atom stereocenters. The molecule has 1 saturated heterocycles. The van der Waals surface area contributed by atoms with Gasteiger partial charge in [-0.2, -0.15) is 17.5 Å². The van der Waals surface area contributed by atoms with Crippen LogP contribution < -0.4 is 10.6 Å². The quantitative estimate of drug-likeness (QED) is 0.317. The minimum atomic E-state index is -5.25. The van der Waals surface area contributed by atoms with Crippen LogP contribution in [0.4, 0.5) is 13.2 Å². The number of sulfonamides is 1. The van der Waals surface area contributed by atoms with Crippen molar-refractivity contribution in [2.45, 2.75) is 51.6 Å². The van der Waals surface area contributed by atoms with Crippen LogP contribution in [-0.4, -0.2) is 56.4 Å². The summed E-state index contributed by atoms with van der Waals surface area (Å²) in [6.45, 7) is 6.92. The molecule has 0 spiro atoms. The van der Waals surface area contributed by atoms with E-state index in [0.29, 0.717) is 23.4 Å². The second-order valence-corrected chi connectivity index (χ2v) is 9.20. The molecule has 1 heterocycles. The maximum Gasteiger partial charge on any atom is 0.511 e. The minimum absolute atomic E-state index is 0. The molecule has 30 heavy (non-hydrogen) atoms. The predicted molar refractivity (Wildman–Crippen MR) is 124 cm³/mol. The molecule has 1 aromatic rings. The normalized spacial score (nSPS) is 16.8. The van der Waals surface area contributed by atoms with Gasteiger partial charge in [0, 0.05) is 32.2 Å². The Kier molecular flexibility index (Phi) is 10.3. The van der Waals surface area contributed by atoms with Gasteiger partial charge in [0.15, 0.2) is 5.96 Å². The summed E-state index contributed by atoms with van der Waals surface area (Å²) in [6, 6.07) is 6.23. The monoisotopic (exact) mass is 562 g/mol. The van der Waals surface area contributed by atoms with Crippen molar-refractivity contribution in [2.24, 2.45) is 4.99 Å².